The van der Waals surface area contributed by atoms with Crippen LogP contribution in [0.3, 0.4) is 0 Å². The first kappa shape index (κ1) is 31.5. The Morgan fingerprint density at radius 2 is 2.02 bits per heavy atom. The number of carbonyl (C=O) groups is 1. The van der Waals surface area contributed by atoms with Crippen LogP contribution in [-0.4, -0.2) is 56.9 Å². The highest BCUT2D eigenvalue weighted by Gasteiger charge is 2.33. The predicted octanol–water partition coefficient (Wildman–Crippen LogP) is 5.94. The molecular formula is C32H38ClN5O3. The minimum Gasteiger partial charge on any atom is -0.492 e. The summed E-state index contributed by atoms with van der Waals surface area (Å²) in [5.41, 5.74) is 3.34. The lowest BCUT2D eigenvalue weighted by atomic mass is 9.86. The topological polar surface area (TPSA) is 99.0 Å². The van der Waals surface area contributed by atoms with Crippen molar-refractivity contribution in [2.24, 2.45) is 10.9 Å². The molecule has 0 fully saturated rings. The van der Waals surface area contributed by atoms with Crippen molar-refractivity contribution in [2.45, 2.75) is 33.2 Å². The average Bonchev–Trinajstić information content (AvgIpc) is 2.93. The number of rotatable bonds is 13. The third-order valence-corrected chi connectivity index (χ3v) is 6.43. The molecule has 2 aliphatic rings. The van der Waals surface area contributed by atoms with Gasteiger partial charge in [-0.2, -0.15) is 5.26 Å². The number of hydrogen-bond acceptors (Lipinski definition) is 7. The van der Waals surface area contributed by atoms with Crippen molar-refractivity contribution in [3.8, 4) is 11.8 Å². The first-order valence-electron chi connectivity index (χ1n) is 13.6. The van der Waals surface area contributed by atoms with Gasteiger partial charge in [-0.25, -0.2) is 0 Å². The molecule has 1 amide bonds. The molecule has 0 spiro atoms. The van der Waals surface area contributed by atoms with Crippen LogP contribution in [0.2, 0.25) is 5.02 Å². The molecule has 1 aliphatic heterocycles. The molecule has 2 atom stereocenters. The maximum absolute atomic E-state index is 12.6. The van der Waals surface area contributed by atoms with Gasteiger partial charge >= 0.3 is 0 Å². The van der Waals surface area contributed by atoms with E-state index in [1.165, 1.54) is 6.08 Å². The Labute approximate surface area is 248 Å². The van der Waals surface area contributed by atoms with Gasteiger partial charge in [-0.1, -0.05) is 42.8 Å². The summed E-state index contributed by atoms with van der Waals surface area (Å²) in [6.45, 7) is 7.46. The molecule has 8 nitrogen and oxygen atoms in total. The third kappa shape index (κ3) is 9.24. The molecule has 1 aromatic carbocycles. The van der Waals surface area contributed by atoms with Crippen LogP contribution >= 0.6 is 11.6 Å². The molecule has 0 aromatic heterocycles. The number of nitrogens with one attached hydrogen (secondary N) is 2. The number of amides is 1. The van der Waals surface area contributed by atoms with E-state index in [-0.39, 0.29) is 17.9 Å². The Kier molecular flexibility index (Phi) is 12.0. The Morgan fingerprint density at radius 1 is 1.22 bits per heavy atom. The van der Waals surface area contributed by atoms with Gasteiger partial charge in [-0.05, 0) is 70.3 Å². The van der Waals surface area contributed by atoms with E-state index in [0.717, 1.165) is 12.0 Å². The van der Waals surface area contributed by atoms with E-state index >= 15 is 0 Å². The van der Waals surface area contributed by atoms with Gasteiger partial charge in [-0.3, -0.25) is 9.79 Å². The van der Waals surface area contributed by atoms with E-state index in [1.807, 2.05) is 63.2 Å². The van der Waals surface area contributed by atoms with E-state index in [9.17, 15) is 10.1 Å². The Morgan fingerprint density at radius 3 is 2.71 bits per heavy atom. The molecule has 1 heterocycles. The van der Waals surface area contributed by atoms with Crippen molar-refractivity contribution in [2.75, 3.05) is 39.2 Å². The van der Waals surface area contributed by atoms with Crippen LogP contribution in [0, 0.1) is 17.2 Å². The maximum atomic E-state index is 12.6. The second-order valence-corrected chi connectivity index (χ2v) is 10.2. The zero-order chi connectivity index (χ0) is 29.8. The van der Waals surface area contributed by atoms with Crippen molar-refractivity contribution in [1.29, 1.82) is 5.26 Å². The van der Waals surface area contributed by atoms with Gasteiger partial charge in [0.2, 0.25) is 5.91 Å². The summed E-state index contributed by atoms with van der Waals surface area (Å²) in [7, 11) is 3.86. The summed E-state index contributed by atoms with van der Waals surface area (Å²) < 4.78 is 11.7. The van der Waals surface area contributed by atoms with Gasteiger partial charge in [0.15, 0.2) is 0 Å². The lowest BCUT2D eigenvalue weighted by Crippen LogP contribution is -2.33. The number of nitrogens with zero attached hydrogens (tertiary/aromatic N) is 3. The van der Waals surface area contributed by atoms with Gasteiger partial charge in [0.25, 0.3) is 0 Å². The van der Waals surface area contributed by atoms with Crippen molar-refractivity contribution in [3.63, 3.8) is 0 Å². The normalized spacial score (nSPS) is 18.7. The molecule has 0 radical (unpaired) electrons. The quantitative estimate of drug-likeness (QED) is 0.223. The smallest absolute Gasteiger partial charge is 0.248 e. The number of hydrogen-bond donors (Lipinski definition) is 2. The number of nitriles is 1. The Hall–Kier alpha value is -4.06. The van der Waals surface area contributed by atoms with Gasteiger partial charge in [0, 0.05) is 36.1 Å². The van der Waals surface area contributed by atoms with E-state index < -0.39 is 0 Å². The highest BCUT2D eigenvalue weighted by atomic mass is 35.5. The summed E-state index contributed by atoms with van der Waals surface area (Å²) in [4.78, 5) is 19.2. The zero-order valence-corrected chi connectivity index (χ0v) is 25.0. The van der Waals surface area contributed by atoms with Crippen molar-refractivity contribution < 1.29 is 14.3 Å². The van der Waals surface area contributed by atoms with Crippen LogP contribution in [0.25, 0.3) is 0 Å². The lowest BCUT2D eigenvalue weighted by molar-refractivity contribution is -0.115. The third-order valence-electron chi connectivity index (χ3n) is 6.14. The molecule has 0 bridgehead atoms. The highest BCUT2D eigenvalue weighted by Crippen LogP contribution is 2.36. The fourth-order valence-electron chi connectivity index (χ4n) is 4.14. The number of allylic oxidation sites excluding steroid dienone is 4. The molecule has 1 aliphatic carbocycles. The van der Waals surface area contributed by atoms with E-state index in [1.54, 1.807) is 24.4 Å². The largest absolute Gasteiger partial charge is 0.492 e. The van der Waals surface area contributed by atoms with Crippen LogP contribution in [0.15, 0.2) is 94.0 Å². The fraction of sp³-hybridized carbons (Fsp3) is 0.344. The summed E-state index contributed by atoms with van der Waals surface area (Å²) >= 11 is 6.56. The number of benzene rings is 1. The van der Waals surface area contributed by atoms with Gasteiger partial charge < -0.3 is 25.0 Å². The van der Waals surface area contributed by atoms with Crippen molar-refractivity contribution in [3.05, 3.63) is 94.1 Å². The Balaban J connectivity index is 1.82. The number of fused-ring (bicyclic) bond motifs is 1. The van der Waals surface area contributed by atoms with Crippen LogP contribution < -0.4 is 15.4 Å². The molecule has 0 saturated heterocycles. The van der Waals surface area contributed by atoms with Crippen LogP contribution in [0.4, 0.5) is 5.69 Å². The Bertz CT molecular complexity index is 1360. The van der Waals surface area contributed by atoms with E-state index in [0.29, 0.717) is 58.9 Å². The van der Waals surface area contributed by atoms with Gasteiger partial charge in [0.05, 0.1) is 28.9 Å². The lowest BCUT2D eigenvalue weighted by Gasteiger charge is -2.31. The molecule has 9 heteroatoms. The van der Waals surface area contributed by atoms with Gasteiger partial charge in [-0.15, -0.1) is 0 Å². The number of aliphatic imine (C=N–C) groups is 1. The zero-order valence-electron chi connectivity index (χ0n) is 24.3. The summed E-state index contributed by atoms with van der Waals surface area (Å²) in [6, 6.07) is 7.34. The van der Waals surface area contributed by atoms with E-state index in [2.05, 4.69) is 34.7 Å². The molecule has 3 rings (SSSR count). The summed E-state index contributed by atoms with van der Waals surface area (Å²) in [5.74, 6) is 0.503. The van der Waals surface area contributed by atoms with Crippen LogP contribution in [0.1, 0.15) is 27.2 Å². The van der Waals surface area contributed by atoms with Crippen LogP contribution in [-0.2, 0) is 9.53 Å². The highest BCUT2D eigenvalue weighted by molar-refractivity contribution is 6.32. The second kappa shape index (κ2) is 15.7. The monoisotopic (exact) mass is 575 g/mol. The number of ether oxygens (including phenoxy) is 2. The molecule has 0 saturated carbocycles. The summed E-state index contributed by atoms with van der Waals surface area (Å²) in [5, 5.41) is 16.6. The molecule has 2 N–H and O–H groups in total. The van der Waals surface area contributed by atoms with Crippen molar-refractivity contribution in [1.82, 2.24) is 10.2 Å². The maximum Gasteiger partial charge on any atom is 0.248 e. The first-order chi connectivity index (χ1) is 19.7. The van der Waals surface area contributed by atoms with Crippen molar-refractivity contribution >= 4 is 29.4 Å². The second-order valence-electron chi connectivity index (χ2n) is 9.84. The van der Waals surface area contributed by atoms with Crippen LogP contribution in [0.5, 0.6) is 5.75 Å². The minimum atomic E-state index is -0.335. The predicted molar refractivity (Wildman–Crippen MR) is 166 cm³/mol. The number of carbonyl (C=O) groups excluding carboxylic acids is 1. The van der Waals surface area contributed by atoms with Gasteiger partial charge in [0.1, 0.15) is 24.2 Å². The standard InChI is InChI=1S/C32H38ClN5O3/c1-6-8-9-11-22(3)21-41-29-14-13-24(16-26(29)33)36-32-23(19-34)20-35-27-18-30(40-7-2)28(17-25(27)32)37-31(39)12-10-15-38(4)5/h8-14,16-18,20,25,27,36H,6-7,15,21H2,1-5H3,(H,37,39)/b9-8-,12-10+,22-11+. The molecule has 216 valence electrons. The van der Waals surface area contributed by atoms with E-state index in [4.69, 9.17) is 21.1 Å². The number of dihydropyridines is 1. The minimum absolute atomic E-state index is 0.269. The number of likely N-dealkylation sites (N-methyl/N-ethyl adjacent to an activating group) is 1. The SMILES string of the molecule is CC/C=C\C=C(/C)COc1ccc(NC2=C(C#N)C=NC3C=C(OCC)C(NC(=O)/C=C/CN(C)C)=CC23)cc1Cl. The molecule has 41 heavy (non-hydrogen) atoms. The molecule has 2 unspecified atom stereocenters. The number of halogens is 1. The summed E-state index contributed by atoms with van der Waals surface area (Å²) in [6.07, 6.45) is 15.7. The first-order valence-corrected chi connectivity index (χ1v) is 14.0. The molecular weight excluding hydrogens is 538 g/mol. The number of anilines is 1. The average molecular weight is 576 g/mol. The molecule has 1 aromatic rings. The fourth-order valence-corrected chi connectivity index (χ4v) is 4.37.